The summed E-state index contributed by atoms with van der Waals surface area (Å²) in [6, 6.07) is 18.0. The smallest absolute Gasteiger partial charge is 0.357 e. The molecule has 1 saturated carbocycles. The van der Waals surface area contributed by atoms with Crippen LogP contribution in [-0.2, 0) is 9.53 Å². The van der Waals surface area contributed by atoms with Crippen LogP contribution in [0.25, 0.3) is 5.69 Å². The molecule has 0 radical (unpaired) electrons. The van der Waals surface area contributed by atoms with Crippen LogP contribution in [-0.4, -0.2) is 27.8 Å². The van der Waals surface area contributed by atoms with Gasteiger partial charge in [-0.15, -0.1) is 0 Å². The van der Waals surface area contributed by atoms with E-state index in [2.05, 4.69) is 10.4 Å². The summed E-state index contributed by atoms with van der Waals surface area (Å²) in [4.78, 5) is 25.3. The average Bonchev–Trinajstić information content (AvgIpc) is 3.48. The third kappa shape index (κ3) is 4.32. The van der Waals surface area contributed by atoms with Crippen LogP contribution in [0, 0.1) is 0 Å². The first-order valence-electron chi connectivity index (χ1n) is 9.44. The van der Waals surface area contributed by atoms with Crippen LogP contribution in [0.5, 0.6) is 0 Å². The van der Waals surface area contributed by atoms with Gasteiger partial charge in [0.2, 0.25) is 0 Å². The number of hydrogen-bond donors (Lipinski definition) is 1. The van der Waals surface area contributed by atoms with Crippen LogP contribution >= 0.6 is 11.6 Å². The van der Waals surface area contributed by atoms with Crippen molar-refractivity contribution >= 4 is 29.2 Å². The fourth-order valence-corrected chi connectivity index (χ4v) is 3.14. The lowest BCUT2D eigenvalue weighted by atomic mass is 10.2. The Morgan fingerprint density at radius 3 is 2.52 bits per heavy atom. The molecule has 1 aliphatic rings. The molecule has 1 atom stereocenters. The summed E-state index contributed by atoms with van der Waals surface area (Å²) >= 11 is 6.07. The van der Waals surface area contributed by atoms with E-state index in [1.807, 2.05) is 30.3 Å². The molecule has 2 aromatic carbocycles. The molecule has 1 aliphatic carbocycles. The molecule has 0 aliphatic heterocycles. The van der Waals surface area contributed by atoms with Crippen molar-refractivity contribution in [3.63, 3.8) is 0 Å². The van der Waals surface area contributed by atoms with Gasteiger partial charge in [-0.05, 0) is 50.1 Å². The highest BCUT2D eigenvalue weighted by Gasteiger charge is 2.30. The molecule has 0 spiro atoms. The molecule has 0 saturated heterocycles. The summed E-state index contributed by atoms with van der Waals surface area (Å²) in [5.41, 5.74) is 2.40. The molecule has 3 aromatic rings. The van der Waals surface area contributed by atoms with Gasteiger partial charge in [0, 0.05) is 5.92 Å². The number of aromatic nitrogens is 2. The number of halogens is 1. The number of nitrogens with one attached hydrogen (secondary N) is 1. The summed E-state index contributed by atoms with van der Waals surface area (Å²) in [5, 5.41) is 7.68. The number of nitrogens with zero attached hydrogens (tertiary/aromatic N) is 2. The van der Waals surface area contributed by atoms with Crippen molar-refractivity contribution in [2.45, 2.75) is 31.8 Å². The summed E-state index contributed by atoms with van der Waals surface area (Å²) in [5.74, 6) is -0.679. The van der Waals surface area contributed by atoms with Gasteiger partial charge in [-0.1, -0.05) is 41.9 Å². The minimum absolute atomic E-state index is 0.301. The van der Waals surface area contributed by atoms with Crippen LogP contribution in [0.15, 0.2) is 60.7 Å². The van der Waals surface area contributed by atoms with Gasteiger partial charge in [-0.25, -0.2) is 9.48 Å². The van der Waals surface area contributed by atoms with Crippen LogP contribution in [0.1, 0.15) is 41.9 Å². The Balaban J connectivity index is 1.52. The molecule has 0 bridgehead atoms. The van der Waals surface area contributed by atoms with Gasteiger partial charge in [0.1, 0.15) is 0 Å². The highest BCUT2D eigenvalue weighted by molar-refractivity contribution is 6.33. The maximum Gasteiger partial charge on any atom is 0.357 e. The Kier molecular flexibility index (Phi) is 5.36. The zero-order chi connectivity index (χ0) is 20.4. The third-order valence-electron chi connectivity index (χ3n) is 4.72. The van der Waals surface area contributed by atoms with E-state index in [0.29, 0.717) is 22.3 Å². The topological polar surface area (TPSA) is 73.2 Å². The van der Waals surface area contributed by atoms with Gasteiger partial charge in [0.05, 0.1) is 22.1 Å². The van der Waals surface area contributed by atoms with Gasteiger partial charge in [-0.3, -0.25) is 4.79 Å². The van der Waals surface area contributed by atoms with Crippen molar-refractivity contribution < 1.29 is 14.3 Å². The molecule has 1 amide bonds. The van der Waals surface area contributed by atoms with E-state index < -0.39 is 18.0 Å². The standard InChI is InChI=1S/C22H20ClN3O3/c1-14(21(27)24-18-10-6-5-9-17(18)23)29-22(28)20-13-19(15-11-12-15)25-26(20)16-7-3-2-4-8-16/h2-10,13-15H,11-12H2,1H3,(H,24,27)/t14-/m0/s1. The minimum Gasteiger partial charge on any atom is -0.448 e. The first-order valence-corrected chi connectivity index (χ1v) is 9.82. The van der Waals surface area contributed by atoms with Crippen molar-refractivity contribution in [3.05, 3.63) is 77.1 Å². The van der Waals surface area contributed by atoms with Crippen molar-refractivity contribution in [1.29, 1.82) is 0 Å². The first-order chi connectivity index (χ1) is 14.0. The van der Waals surface area contributed by atoms with E-state index in [9.17, 15) is 9.59 Å². The first kappa shape index (κ1) is 19.2. The predicted molar refractivity (Wildman–Crippen MR) is 110 cm³/mol. The Bertz CT molecular complexity index is 1040. The van der Waals surface area contributed by atoms with E-state index in [1.54, 1.807) is 35.0 Å². The number of para-hydroxylation sites is 2. The number of rotatable bonds is 6. The van der Waals surface area contributed by atoms with Crippen molar-refractivity contribution in [2.75, 3.05) is 5.32 Å². The van der Waals surface area contributed by atoms with Gasteiger partial charge in [-0.2, -0.15) is 5.10 Å². The van der Waals surface area contributed by atoms with Gasteiger partial charge in [0.15, 0.2) is 11.8 Å². The third-order valence-corrected chi connectivity index (χ3v) is 5.05. The highest BCUT2D eigenvalue weighted by atomic mass is 35.5. The Labute approximate surface area is 173 Å². The van der Waals surface area contributed by atoms with E-state index in [1.165, 1.54) is 6.92 Å². The highest BCUT2D eigenvalue weighted by Crippen LogP contribution is 2.39. The number of carbonyl (C=O) groups excluding carboxylic acids is 2. The molecule has 1 heterocycles. The zero-order valence-electron chi connectivity index (χ0n) is 15.8. The zero-order valence-corrected chi connectivity index (χ0v) is 16.6. The van der Waals surface area contributed by atoms with Crippen LogP contribution in [0.4, 0.5) is 5.69 Å². The molecule has 4 rings (SSSR count). The second-order valence-electron chi connectivity index (χ2n) is 6.99. The molecule has 148 valence electrons. The Morgan fingerprint density at radius 1 is 1.14 bits per heavy atom. The summed E-state index contributed by atoms with van der Waals surface area (Å²) in [6.45, 7) is 1.52. The molecule has 6 nitrogen and oxygen atoms in total. The second-order valence-corrected chi connectivity index (χ2v) is 7.40. The van der Waals surface area contributed by atoms with Crippen LogP contribution < -0.4 is 5.32 Å². The molecule has 0 unspecified atom stereocenters. The molecular formula is C22H20ClN3O3. The quantitative estimate of drug-likeness (QED) is 0.604. The Hall–Kier alpha value is -3.12. The van der Waals surface area contributed by atoms with Crippen LogP contribution in [0.3, 0.4) is 0 Å². The molecule has 7 heteroatoms. The maximum atomic E-state index is 12.8. The number of esters is 1. The number of amides is 1. The lowest BCUT2D eigenvalue weighted by Crippen LogP contribution is -2.30. The van der Waals surface area contributed by atoms with E-state index in [4.69, 9.17) is 16.3 Å². The average molecular weight is 410 g/mol. The SMILES string of the molecule is C[C@H](OC(=O)c1cc(C2CC2)nn1-c1ccccc1)C(=O)Nc1ccccc1Cl. The fourth-order valence-electron chi connectivity index (χ4n) is 2.96. The monoisotopic (exact) mass is 409 g/mol. The lowest BCUT2D eigenvalue weighted by molar-refractivity contribution is -0.123. The van der Waals surface area contributed by atoms with E-state index in [0.717, 1.165) is 24.2 Å². The van der Waals surface area contributed by atoms with Crippen molar-refractivity contribution in [1.82, 2.24) is 9.78 Å². The number of hydrogen-bond acceptors (Lipinski definition) is 4. The van der Waals surface area contributed by atoms with Gasteiger partial charge >= 0.3 is 5.97 Å². The van der Waals surface area contributed by atoms with Gasteiger partial charge < -0.3 is 10.1 Å². The summed E-state index contributed by atoms with van der Waals surface area (Å²) < 4.78 is 7.01. The normalized spacial score (nSPS) is 14.3. The fraction of sp³-hybridized carbons (Fsp3) is 0.227. The number of ether oxygens (including phenoxy) is 1. The van der Waals surface area contributed by atoms with E-state index in [-0.39, 0.29) is 0 Å². The van der Waals surface area contributed by atoms with Crippen molar-refractivity contribution in [2.24, 2.45) is 0 Å². The predicted octanol–water partition coefficient (Wildman–Crippen LogP) is 4.59. The number of benzene rings is 2. The lowest BCUT2D eigenvalue weighted by Gasteiger charge is -2.14. The second kappa shape index (κ2) is 8.09. The van der Waals surface area contributed by atoms with E-state index >= 15 is 0 Å². The summed E-state index contributed by atoms with van der Waals surface area (Å²) in [7, 11) is 0. The minimum atomic E-state index is -0.998. The van der Waals surface area contributed by atoms with Gasteiger partial charge in [0.25, 0.3) is 5.91 Å². The molecule has 1 fully saturated rings. The number of anilines is 1. The molecule has 29 heavy (non-hydrogen) atoms. The largest absolute Gasteiger partial charge is 0.448 e. The van der Waals surface area contributed by atoms with Crippen LogP contribution in [0.2, 0.25) is 5.02 Å². The molecule has 1 N–H and O–H groups in total. The molecular weight excluding hydrogens is 390 g/mol. The van der Waals surface area contributed by atoms with Crippen molar-refractivity contribution in [3.8, 4) is 5.69 Å². The maximum absolute atomic E-state index is 12.8. The summed E-state index contributed by atoms with van der Waals surface area (Å²) in [6.07, 6.45) is 1.13. The molecule has 1 aromatic heterocycles. The number of carbonyl (C=O) groups is 2. The Morgan fingerprint density at radius 2 is 1.83 bits per heavy atom.